The minimum Gasteiger partial charge on any atom is -0.497 e. The number of benzene rings is 1. The molecule has 2 aliphatic rings. The Morgan fingerprint density at radius 3 is 2.77 bits per heavy atom. The maximum atomic E-state index is 9.75. The van der Waals surface area contributed by atoms with Crippen molar-refractivity contribution in [2.45, 2.75) is 32.2 Å². The number of hydrogen-bond donors (Lipinski definition) is 0. The Balaban J connectivity index is 1.31. The van der Waals surface area contributed by atoms with Crippen LogP contribution in [0.2, 0.25) is 0 Å². The molecule has 2 aromatic heterocycles. The highest BCUT2D eigenvalue weighted by Gasteiger charge is 2.27. The number of aryl methyl sites for hydroxylation is 1. The number of fused-ring (bicyclic) bond motifs is 3. The van der Waals surface area contributed by atoms with Gasteiger partial charge in [-0.25, -0.2) is 9.97 Å². The molecule has 31 heavy (non-hydrogen) atoms. The van der Waals surface area contributed by atoms with Crippen LogP contribution in [-0.4, -0.2) is 59.3 Å². The molecule has 5 rings (SSSR count). The van der Waals surface area contributed by atoms with Crippen LogP contribution < -0.4 is 9.64 Å². The second kappa shape index (κ2) is 8.56. The third-order valence-electron chi connectivity index (χ3n) is 6.60. The van der Waals surface area contributed by atoms with E-state index in [1.54, 1.807) is 13.4 Å². The molecule has 7 nitrogen and oxygen atoms in total. The normalized spacial score (nSPS) is 16.8. The highest BCUT2D eigenvalue weighted by Crippen LogP contribution is 2.34. The van der Waals surface area contributed by atoms with Gasteiger partial charge in [0.15, 0.2) is 5.82 Å². The summed E-state index contributed by atoms with van der Waals surface area (Å²) in [6.07, 6.45) is 5.89. The topological polar surface area (TPSA) is 70.2 Å². The van der Waals surface area contributed by atoms with Crippen LogP contribution >= 0.6 is 0 Å². The quantitative estimate of drug-likeness (QED) is 0.637. The number of anilines is 1. The van der Waals surface area contributed by atoms with Crippen LogP contribution in [0.15, 0.2) is 30.6 Å². The number of nitrogens with zero attached hydrogens (tertiary/aromatic N) is 6. The zero-order chi connectivity index (χ0) is 21.2. The summed E-state index contributed by atoms with van der Waals surface area (Å²) >= 11 is 0. The van der Waals surface area contributed by atoms with E-state index in [1.165, 1.54) is 5.56 Å². The lowest BCUT2D eigenvalue weighted by Gasteiger charge is -2.35. The van der Waals surface area contributed by atoms with Gasteiger partial charge in [-0.05, 0) is 43.4 Å². The van der Waals surface area contributed by atoms with E-state index in [0.717, 1.165) is 98.8 Å². The molecule has 0 spiro atoms. The summed E-state index contributed by atoms with van der Waals surface area (Å²) in [5, 5.41) is 9.75. The Labute approximate surface area is 182 Å². The molecule has 2 aliphatic heterocycles. The fourth-order valence-corrected chi connectivity index (χ4v) is 4.92. The van der Waals surface area contributed by atoms with Crippen LogP contribution in [0.25, 0.3) is 11.0 Å². The van der Waals surface area contributed by atoms with Gasteiger partial charge in [0.25, 0.3) is 0 Å². The van der Waals surface area contributed by atoms with Gasteiger partial charge in [0.2, 0.25) is 0 Å². The highest BCUT2D eigenvalue weighted by molar-refractivity contribution is 5.92. The lowest BCUT2D eigenvalue weighted by atomic mass is 10.1. The summed E-state index contributed by atoms with van der Waals surface area (Å²) in [7, 11) is 1.71. The van der Waals surface area contributed by atoms with Gasteiger partial charge in [-0.2, -0.15) is 5.26 Å². The number of rotatable bonds is 5. The number of nitriles is 1. The highest BCUT2D eigenvalue weighted by atomic mass is 16.5. The van der Waals surface area contributed by atoms with Gasteiger partial charge in [-0.15, -0.1) is 0 Å². The molecular weight excluding hydrogens is 388 g/mol. The van der Waals surface area contributed by atoms with Gasteiger partial charge in [0.05, 0.1) is 12.7 Å². The fourth-order valence-electron chi connectivity index (χ4n) is 4.92. The van der Waals surface area contributed by atoms with Gasteiger partial charge >= 0.3 is 0 Å². The predicted octanol–water partition coefficient (Wildman–Crippen LogP) is 3.01. The monoisotopic (exact) mass is 416 g/mol. The Kier molecular flexibility index (Phi) is 5.47. The minimum absolute atomic E-state index is 0.746. The molecule has 0 radical (unpaired) electrons. The summed E-state index contributed by atoms with van der Waals surface area (Å²) in [4.78, 5) is 14.1. The maximum Gasteiger partial charge on any atom is 0.156 e. The van der Waals surface area contributed by atoms with E-state index < -0.39 is 0 Å². The second-order valence-corrected chi connectivity index (χ2v) is 8.37. The van der Waals surface area contributed by atoms with Gasteiger partial charge in [-0.3, -0.25) is 4.90 Å². The van der Waals surface area contributed by atoms with Gasteiger partial charge < -0.3 is 14.2 Å². The maximum absolute atomic E-state index is 9.75. The van der Waals surface area contributed by atoms with Crippen LogP contribution in [-0.2, 0) is 19.4 Å². The molecule has 0 unspecified atom stereocenters. The number of aromatic nitrogens is 3. The predicted molar refractivity (Wildman–Crippen MR) is 121 cm³/mol. The molecule has 0 saturated carbocycles. The van der Waals surface area contributed by atoms with E-state index in [2.05, 4.69) is 48.6 Å². The average Bonchev–Trinajstić information content (AvgIpc) is 3.17. The third-order valence-corrected chi connectivity index (χ3v) is 6.60. The van der Waals surface area contributed by atoms with E-state index in [9.17, 15) is 5.26 Å². The Morgan fingerprint density at radius 2 is 1.97 bits per heavy atom. The molecule has 0 amide bonds. The van der Waals surface area contributed by atoms with E-state index in [4.69, 9.17) is 4.74 Å². The summed E-state index contributed by atoms with van der Waals surface area (Å²) in [6.45, 7) is 5.88. The lowest BCUT2D eigenvalue weighted by Crippen LogP contribution is -2.47. The van der Waals surface area contributed by atoms with Crippen LogP contribution in [0.4, 0.5) is 5.82 Å². The van der Waals surface area contributed by atoms with Crippen molar-refractivity contribution in [2.75, 3.05) is 44.7 Å². The minimum atomic E-state index is 0.746. The Morgan fingerprint density at radius 1 is 1.10 bits per heavy atom. The van der Waals surface area contributed by atoms with Crippen LogP contribution in [0.1, 0.15) is 29.7 Å². The first-order chi connectivity index (χ1) is 15.3. The van der Waals surface area contributed by atoms with E-state index >= 15 is 0 Å². The Hall–Kier alpha value is -3.11. The molecule has 160 valence electrons. The average molecular weight is 417 g/mol. The van der Waals surface area contributed by atoms with Crippen molar-refractivity contribution in [1.29, 1.82) is 5.26 Å². The lowest BCUT2D eigenvalue weighted by molar-refractivity contribution is 0.260. The molecule has 4 heterocycles. The molecule has 1 aromatic carbocycles. The second-order valence-electron chi connectivity index (χ2n) is 8.37. The molecule has 0 aliphatic carbocycles. The zero-order valence-corrected chi connectivity index (χ0v) is 18.0. The van der Waals surface area contributed by atoms with Crippen molar-refractivity contribution in [1.82, 2.24) is 19.4 Å². The van der Waals surface area contributed by atoms with E-state index in [0.29, 0.717) is 0 Å². The number of piperazine rings is 1. The van der Waals surface area contributed by atoms with Crippen LogP contribution in [0.3, 0.4) is 0 Å². The summed E-state index contributed by atoms with van der Waals surface area (Å²) in [5.41, 5.74) is 5.07. The van der Waals surface area contributed by atoms with Crippen molar-refractivity contribution >= 4 is 16.9 Å². The number of methoxy groups -OCH3 is 1. The van der Waals surface area contributed by atoms with Gasteiger partial charge in [0.1, 0.15) is 29.2 Å². The zero-order valence-electron chi connectivity index (χ0n) is 18.0. The molecule has 3 aromatic rings. The molecule has 0 atom stereocenters. The molecule has 7 heteroatoms. The van der Waals surface area contributed by atoms with E-state index in [-0.39, 0.29) is 0 Å². The van der Waals surface area contributed by atoms with Gasteiger partial charge in [0, 0.05) is 45.0 Å². The first-order valence-corrected chi connectivity index (χ1v) is 11.1. The smallest absolute Gasteiger partial charge is 0.156 e. The largest absolute Gasteiger partial charge is 0.497 e. The first-order valence-electron chi connectivity index (χ1n) is 11.1. The molecule has 0 bridgehead atoms. The molecule has 1 saturated heterocycles. The van der Waals surface area contributed by atoms with Crippen LogP contribution in [0.5, 0.6) is 5.75 Å². The van der Waals surface area contributed by atoms with E-state index in [1.807, 2.05) is 6.07 Å². The fraction of sp³-hybridized carbons (Fsp3) is 0.458. The van der Waals surface area contributed by atoms with Crippen molar-refractivity contribution in [3.63, 3.8) is 0 Å². The van der Waals surface area contributed by atoms with Gasteiger partial charge in [-0.1, -0.05) is 12.1 Å². The SMILES string of the molecule is COc1cccc(CCN2CCN(c3ncnc4c(C#N)c5n(c34)CCCC5)CC2)c1. The molecule has 0 N–H and O–H groups in total. The molecule has 1 fully saturated rings. The summed E-state index contributed by atoms with van der Waals surface area (Å²) in [6, 6.07) is 10.7. The standard InChI is InChI=1S/C24H28N6O/c1-31-19-6-4-5-18(15-19)8-10-28-11-13-29(14-12-28)24-23-22(26-17-27-24)20(16-25)21-7-2-3-9-30(21)23/h4-6,15,17H,2-3,7-14H2,1H3. The Bertz CT molecular complexity index is 1120. The number of hydrogen-bond acceptors (Lipinski definition) is 6. The van der Waals surface area contributed by atoms with Crippen molar-refractivity contribution in [3.05, 3.63) is 47.4 Å². The molecular formula is C24H28N6O. The first kappa shape index (κ1) is 19.8. The summed E-state index contributed by atoms with van der Waals surface area (Å²) in [5.74, 6) is 1.91. The van der Waals surface area contributed by atoms with Crippen molar-refractivity contribution in [2.24, 2.45) is 0 Å². The van der Waals surface area contributed by atoms with Crippen molar-refractivity contribution < 1.29 is 4.74 Å². The number of ether oxygens (including phenoxy) is 1. The third kappa shape index (κ3) is 3.72. The van der Waals surface area contributed by atoms with Crippen LogP contribution in [0, 0.1) is 11.3 Å². The summed E-state index contributed by atoms with van der Waals surface area (Å²) < 4.78 is 7.65. The van der Waals surface area contributed by atoms with Crippen molar-refractivity contribution in [3.8, 4) is 11.8 Å².